The van der Waals surface area contributed by atoms with E-state index < -0.39 is 18.6 Å². The fourth-order valence-corrected chi connectivity index (χ4v) is 5.12. The smallest absolute Gasteiger partial charge is 0.451 e. The second-order valence-electron chi connectivity index (χ2n) is 8.17. The largest absolute Gasteiger partial charge is 0.460 e. The Bertz CT molecular complexity index is 743. The maximum Gasteiger partial charge on any atom is 0.451 e. The van der Waals surface area contributed by atoms with Crippen LogP contribution in [0.4, 0.5) is 0 Å². The Labute approximate surface area is 171 Å². The van der Waals surface area contributed by atoms with Crippen molar-refractivity contribution in [1.29, 1.82) is 0 Å². The van der Waals surface area contributed by atoms with E-state index in [0.29, 0.717) is 19.3 Å². The molecule has 1 aliphatic carbocycles. The molecule has 0 radical (unpaired) electrons. The number of likely N-dealkylation sites (tertiary alicyclic amines) is 1. The third kappa shape index (κ3) is 4.75. The van der Waals surface area contributed by atoms with Crippen molar-refractivity contribution in [3.63, 3.8) is 0 Å². The molecule has 3 rings (SSSR count). The Kier molecular flexibility index (Phi) is 7.19. The van der Waals surface area contributed by atoms with Gasteiger partial charge in [0.15, 0.2) is 0 Å². The zero-order chi connectivity index (χ0) is 20.9. The van der Waals surface area contributed by atoms with E-state index >= 15 is 0 Å². The third-order valence-corrected chi connectivity index (χ3v) is 6.48. The van der Waals surface area contributed by atoms with Gasteiger partial charge in [0.25, 0.3) is 0 Å². The first kappa shape index (κ1) is 21.6. The summed E-state index contributed by atoms with van der Waals surface area (Å²) in [5.41, 5.74) is 8.94. The number of azide groups is 1. The molecule has 8 nitrogen and oxygen atoms in total. The van der Waals surface area contributed by atoms with Crippen LogP contribution in [0.15, 0.2) is 35.4 Å². The molecule has 0 spiro atoms. The van der Waals surface area contributed by atoms with Crippen LogP contribution in [0.1, 0.15) is 31.7 Å². The summed E-state index contributed by atoms with van der Waals surface area (Å²) in [5.74, 6) is -0.123. The van der Waals surface area contributed by atoms with Crippen molar-refractivity contribution in [3.05, 3.63) is 46.3 Å². The van der Waals surface area contributed by atoms with Gasteiger partial charge in [-0.25, -0.2) is 0 Å². The molecule has 156 valence electrons. The number of hydrogen-bond acceptors (Lipinski definition) is 6. The van der Waals surface area contributed by atoms with Crippen LogP contribution >= 0.6 is 0 Å². The number of nitrogens with zero attached hydrogens (tertiary/aromatic N) is 4. The predicted molar refractivity (Wildman–Crippen MR) is 110 cm³/mol. The Morgan fingerprint density at radius 1 is 1.38 bits per heavy atom. The molecule has 0 bridgehead atoms. The van der Waals surface area contributed by atoms with Gasteiger partial charge < -0.3 is 19.7 Å². The average molecular weight is 400 g/mol. The fraction of sp³-hybridized carbons (Fsp3) is 0.650. The van der Waals surface area contributed by atoms with Crippen LogP contribution in [-0.4, -0.2) is 53.2 Å². The van der Waals surface area contributed by atoms with E-state index in [-0.39, 0.29) is 30.7 Å². The fourth-order valence-electron chi connectivity index (χ4n) is 5.12. The number of carbonyl (C=O) groups is 1. The lowest BCUT2D eigenvalue weighted by atomic mass is 9.76. The SMILES string of the molecule is CCN1C[C@@H]2C[C@@](N=[N+]=[N-])(C(=O)OCc3ccccc3)[C@@H](CCCB(O)O)[C@@H]2C1. The topological polar surface area (TPSA) is 119 Å². The monoisotopic (exact) mass is 400 g/mol. The van der Waals surface area contributed by atoms with Crippen LogP contribution in [0.3, 0.4) is 0 Å². The Morgan fingerprint density at radius 3 is 2.79 bits per heavy atom. The molecule has 1 saturated heterocycles. The molecule has 2 N–H and O–H groups in total. The van der Waals surface area contributed by atoms with E-state index in [1.54, 1.807) is 0 Å². The van der Waals surface area contributed by atoms with Gasteiger partial charge in [0, 0.05) is 18.0 Å². The molecule has 1 aliphatic heterocycles. The van der Waals surface area contributed by atoms with Gasteiger partial charge in [-0.3, -0.25) is 4.79 Å². The highest BCUT2D eigenvalue weighted by atomic mass is 16.5. The van der Waals surface area contributed by atoms with Gasteiger partial charge in [0.05, 0.1) is 0 Å². The number of carbonyl (C=O) groups excluding carboxylic acids is 1. The van der Waals surface area contributed by atoms with Crippen LogP contribution in [-0.2, 0) is 16.1 Å². The summed E-state index contributed by atoms with van der Waals surface area (Å²) >= 11 is 0. The van der Waals surface area contributed by atoms with Crippen molar-refractivity contribution in [2.24, 2.45) is 22.9 Å². The van der Waals surface area contributed by atoms with Gasteiger partial charge in [-0.05, 0) is 54.6 Å². The summed E-state index contributed by atoms with van der Waals surface area (Å²) in [5, 5.41) is 22.5. The Morgan fingerprint density at radius 2 is 2.14 bits per heavy atom. The maximum absolute atomic E-state index is 13.2. The molecule has 0 unspecified atom stereocenters. The summed E-state index contributed by atoms with van der Waals surface area (Å²) in [6.45, 7) is 4.95. The first-order chi connectivity index (χ1) is 14.0. The zero-order valence-electron chi connectivity index (χ0n) is 16.9. The minimum absolute atomic E-state index is 0.140. The summed E-state index contributed by atoms with van der Waals surface area (Å²) in [6.07, 6.45) is 1.86. The normalized spacial score (nSPS) is 28.6. The number of hydrogen-bond donors (Lipinski definition) is 2. The second-order valence-corrected chi connectivity index (χ2v) is 8.17. The number of fused-ring (bicyclic) bond motifs is 1. The molecule has 0 aromatic heterocycles. The van der Waals surface area contributed by atoms with E-state index in [2.05, 4.69) is 21.8 Å². The van der Waals surface area contributed by atoms with Crippen molar-refractivity contribution >= 4 is 13.1 Å². The van der Waals surface area contributed by atoms with Crippen LogP contribution in [0, 0.1) is 17.8 Å². The minimum Gasteiger partial charge on any atom is -0.460 e. The lowest BCUT2D eigenvalue weighted by molar-refractivity contribution is -0.153. The van der Waals surface area contributed by atoms with Crippen LogP contribution in [0.25, 0.3) is 10.4 Å². The van der Waals surface area contributed by atoms with E-state index in [1.165, 1.54) is 0 Å². The van der Waals surface area contributed by atoms with Gasteiger partial charge in [0.1, 0.15) is 12.1 Å². The molecule has 1 aromatic carbocycles. The van der Waals surface area contributed by atoms with Crippen LogP contribution in [0.5, 0.6) is 0 Å². The average Bonchev–Trinajstić information content (AvgIpc) is 3.23. The molecule has 0 amide bonds. The highest BCUT2D eigenvalue weighted by Crippen LogP contribution is 2.53. The molecule has 1 aromatic rings. The molecule has 29 heavy (non-hydrogen) atoms. The highest BCUT2D eigenvalue weighted by molar-refractivity contribution is 6.40. The standard InChI is InChI=1S/C20H29BN4O4/c1-2-25-12-16-11-20(23-24-22,18(17(16)13-25)9-6-10-21(27)28)19(26)29-14-15-7-4-3-5-8-15/h3-5,7-8,16-18,27-28H,2,6,9-14H2,1H3/t16-,17+,18-,20-/m0/s1. The van der Waals surface area contributed by atoms with Crippen molar-refractivity contribution in [1.82, 2.24) is 4.90 Å². The molecule has 9 heteroatoms. The minimum atomic E-state index is -1.37. The van der Waals surface area contributed by atoms with Crippen LogP contribution < -0.4 is 0 Å². The first-order valence-corrected chi connectivity index (χ1v) is 10.4. The Hall–Kier alpha value is -2.06. The molecular weight excluding hydrogens is 371 g/mol. The molecule has 1 heterocycles. The number of esters is 1. The van der Waals surface area contributed by atoms with Crippen molar-refractivity contribution in [2.45, 2.75) is 44.7 Å². The summed E-state index contributed by atoms with van der Waals surface area (Å²) < 4.78 is 5.63. The summed E-state index contributed by atoms with van der Waals surface area (Å²) in [7, 11) is -1.37. The van der Waals surface area contributed by atoms with E-state index in [0.717, 1.165) is 25.2 Å². The lowest BCUT2D eigenvalue weighted by Crippen LogP contribution is -2.44. The summed E-state index contributed by atoms with van der Waals surface area (Å²) in [6, 6.07) is 9.44. The van der Waals surface area contributed by atoms with Gasteiger partial charge in [-0.1, -0.05) is 48.8 Å². The summed E-state index contributed by atoms with van der Waals surface area (Å²) in [4.78, 5) is 18.6. The van der Waals surface area contributed by atoms with E-state index in [4.69, 9.17) is 4.74 Å². The number of rotatable bonds is 9. The maximum atomic E-state index is 13.2. The third-order valence-electron chi connectivity index (χ3n) is 6.48. The second kappa shape index (κ2) is 9.63. The zero-order valence-corrected chi connectivity index (χ0v) is 16.9. The van der Waals surface area contributed by atoms with Crippen molar-refractivity contribution in [3.8, 4) is 0 Å². The predicted octanol–water partition coefficient (Wildman–Crippen LogP) is 2.62. The lowest BCUT2D eigenvalue weighted by Gasteiger charge is -2.32. The van der Waals surface area contributed by atoms with Gasteiger partial charge in [0.2, 0.25) is 0 Å². The van der Waals surface area contributed by atoms with Crippen LogP contribution in [0.2, 0.25) is 6.32 Å². The molecule has 2 fully saturated rings. The highest BCUT2D eigenvalue weighted by Gasteiger charge is 2.60. The molecule has 1 saturated carbocycles. The van der Waals surface area contributed by atoms with Gasteiger partial charge in [-0.2, -0.15) is 0 Å². The Balaban J connectivity index is 1.80. The van der Waals surface area contributed by atoms with Crippen molar-refractivity contribution in [2.75, 3.05) is 19.6 Å². The molecule has 4 atom stereocenters. The van der Waals surface area contributed by atoms with E-state index in [1.807, 2.05) is 30.3 Å². The van der Waals surface area contributed by atoms with Gasteiger partial charge in [-0.15, -0.1) is 0 Å². The van der Waals surface area contributed by atoms with E-state index in [9.17, 15) is 20.4 Å². The molecule has 2 aliphatic rings. The van der Waals surface area contributed by atoms with Gasteiger partial charge >= 0.3 is 13.1 Å². The van der Waals surface area contributed by atoms with Crippen molar-refractivity contribution < 1.29 is 19.6 Å². The number of benzene rings is 1. The quantitative estimate of drug-likeness (QED) is 0.217. The molecular formula is C20H29BN4O4. The first-order valence-electron chi connectivity index (χ1n) is 10.4. The number of ether oxygens (including phenoxy) is 1.